The first-order chi connectivity index (χ1) is 14.6. The van der Waals surface area contributed by atoms with E-state index in [1.807, 2.05) is 36.4 Å². The smallest absolute Gasteiger partial charge is 0.269 e. The van der Waals surface area contributed by atoms with Gasteiger partial charge in [-0.15, -0.1) is 5.10 Å². The quantitative estimate of drug-likeness (QED) is 0.486. The molecule has 150 valence electrons. The molecule has 0 aliphatic heterocycles. The molecule has 4 aromatic rings. The first-order valence-corrected chi connectivity index (χ1v) is 9.22. The van der Waals surface area contributed by atoms with Gasteiger partial charge in [0.2, 0.25) is 0 Å². The summed E-state index contributed by atoms with van der Waals surface area (Å²) >= 11 is 0. The highest BCUT2D eigenvalue weighted by Gasteiger charge is 2.09. The van der Waals surface area contributed by atoms with Crippen LogP contribution in [-0.4, -0.2) is 31.4 Å². The van der Waals surface area contributed by atoms with Crippen molar-refractivity contribution >= 4 is 22.8 Å². The van der Waals surface area contributed by atoms with Gasteiger partial charge in [0.15, 0.2) is 0 Å². The summed E-state index contributed by atoms with van der Waals surface area (Å²) in [7, 11) is 0. The molecule has 0 unspecified atom stereocenters. The number of pyridine rings is 1. The topological polar surface area (TPSA) is 111 Å². The van der Waals surface area contributed by atoms with E-state index in [1.54, 1.807) is 28.9 Å². The highest BCUT2D eigenvalue weighted by molar-refractivity contribution is 5.95. The Labute approximate surface area is 170 Å². The van der Waals surface area contributed by atoms with Crippen molar-refractivity contribution in [1.29, 1.82) is 0 Å². The largest absolute Gasteiger partial charge is 0.306 e. The van der Waals surface area contributed by atoms with Crippen LogP contribution in [-0.2, 0) is 17.9 Å². The second kappa shape index (κ2) is 8.39. The summed E-state index contributed by atoms with van der Waals surface area (Å²) in [6.45, 7) is 0.329. The second-order valence-corrected chi connectivity index (χ2v) is 6.60. The molecule has 0 spiro atoms. The van der Waals surface area contributed by atoms with Gasteiger partial charge in [0.05, 0.1) is 12.1 Å². The first-order valence-electron chi connectivity index (χ1n) is 9.22. The molecule has 4 rings (SSSR count). The summed E-state index contributed by atoms with van der Waals surface area (Å²) in [4.78, 5) is 35.8. The number of hydrogen-bond donors (Lipinski definition) is 2. The first kappa shape index (κ1) is 19.1. The van der Waals surface area contributed by atoms with E-state index in [2.05, 4.69) is 21.2 Å². The fraction of sp³-hybridized carbons (Fsp3) is 0.0952. The molecule has 2 N–H and O–H groups in total. The van der Waals surface area contributed by atoms with Crippen LogP contribution in [0.1, 0.15) is 15.9 Å². The van der Waals surface area contributed by atoms with E-state index in [0.717, 1.165) is 16.6 Å². The molecule has 0 radical (unpaired) electrons. The minimum Gasteiger partial charge on any atom is -0.306 e. The number of nitrogens with zero attached hydrogens (tertiary/aromatic N) is 4. The van der Waals surface area contributed by atoms with Crippen molar-refractivity contribution in [3.63, 3.8) is 0 Å². The Hall–Kier alpha value is -4.27. The van der Waals surface area contributed by atoms with Gasteiger partial charge in [-0.2, -0.15) is 0 Å². The van der Waals surface area contributed by atoms with Crippen molar-refractivity contribution in [3.05, 3.63) is 94.4 Å². The summed E-state index contributed by atoms with van der Waals surface area (Å²) in [6, 6.07) is 19.2. The molecule has 30 heavy (non-hydrogen) atoms. The zero-order chi connectivity index (χ0) is 20.9. The molecule has 0 saturated carbocycles. The molecule has 0 aliphatic rings. The number of aromatic nitrogens is 4. The van der Waals surface area contributed by atoms with Gasteiger partial charge in [0.1, 0.15) is 12.1 Å². The molecule has 0 aliphatic carbocycles. The molecule has 0 fully saturated rings. The third kappa shape index (κ3) is 4.25. The van der Waals surface area contributed by atoms with Crippen molar-refractivity contribution in [3.8, 4) is 0 Å². The van der Waals surface area contributed by atoms with Crippen molar-refractivity contribution in [1.82, 2.24) is 30.4 Å². The van der Waals surface area contributed by atoms with Crippen LogP contribution in [0, 0.1) is 0 Å². The number of nitrogens with one attached hydrogen (secondary N) is 2. The molecule has 0 bridgehead atoms. The number of carbonyl (C=O) groups excluding carboxylic acids is 2. The highest BCUT2D eigenvalue weighted by Crippen LogP contribution is 2.12. The standard InChI is InChI=1S/C21H18N6O3/c28-19(14-26-12-4-3-7-20(26)29)23-24-21(30)16-10-8-15(9-11-16)13-27-18-6-2-1-5-17(18)22-25-27/h1-12H,13-14H2,(H,23,28)(H,24,30). The Morgan fingerprint density at radius 1 is 0.900 bits per heavy atom. The van der Waals surface area contributed by atoms with Crippen LogP contribution in [0.4, 0.5) is 0 Å². The number of hydrazine groups is 1. The molecular weight excluding hydrogens is 384 g/mol. The van der Waals surface area contributed by atoms with Crippen LogP contribution in [0.15, 0.2) is 77.7 Å². The lowest BCUT2D eigenvalue weighted by Gasteiger charge is -2.09. The zero-order valence-electron chi connectivity index (χ0n) is 15.9. The SMILES string of the molecule is O=C(Cn1ccccc1=O)NNC(=O)c1ccc(Cn2nnc3ccccc32)cc1. The lowest BCUT2D eigenvalue weighted by Crippen LogP contribution is -2.44. The van der Waals surface area contributed by atoms with Gasteiger partial charge in [0, 0.05) is 17.8 Å². The molecule has 0 saturated heterocycles. The van der Waals surface area contributed by atoms with Crippen molar-refractivity contribution < 1.29 is 9.59 Å². The number of amides is 2. The van der Waals surface area contributed by atoms with Crippen molar-refractivity contribution in [2.24, 2.45) is 0 Å². The Balaban J connectivity index is 1.34. The van der Waals surface area contributed by atoms with Crippen LogP contribution >= 0.6 is 0 Å². The molecule has 2 aromatic heterocycles. The van der Waals surface area contributed by atoms with E-state index in [0.29, 0.717) is 12.1 Å². The minimum absolute atomic E-state index is 0.190. The molecule has 9 heteroatoms. The molecule has 9 nitrogen and oxygen atoms in total. The Morgan fingerprint density at radius 2 is 1.67 bits per heavy atom. The lowest BCUT2D eigenvalue weighted by molar-refractivity contribution is -0.122. The third-order valence-corrected chi connectivity index (χ3v) is 4.50. The van der Waals surface area contributed by atoms with Gasteiger partial charge in [-0.3, -0.25) is 25.2 Å². The Kier molecular flexibility index (Phi) is 5.33. The highest BCUT2D eigenvalue weighted by atomic mass is 16.2. The van der Waals surface area contributed by atoms with E-state index in [4.69, 9.17) is 0 Å². The molecule has 2 heterocycles. The van der Waals surface area contributed by atoms with Gasteiger partial charge >= 0.3 is 0 Å². The molecular formula is C21H18N6O3. The maximum atomic E-state index is 12.2. The van der Waals surface area contributed by atoms with Crippen LogP contribution < -0.4 is 16.4 Å². The summed E-state index contributed by atoms with van der Waals surface area (Å²) in [5.41, 5.74) is 7.45. The van der Waals surface area contributed by atoms with Gasteiger partial charge < -0.3 is 4.57 Å². The fourth-order valence-electron chi connectivity index (χ4n) is 2.95. The van der Waals surface area contributed by atoms with E-state index in [-0.39, 0.29) is 12.1 Å². The second-order valence-electron chi connectivity index (χ2n) is 6.60. The Morgan fingerprint density at radius 3 is 2.47 bits per heavy atom. The predicted molar refractivity (Wildman–Crippen MR) is 109 cm³/mol. The van der Waals surface area contributed by atoms with Crippen molar-refractivity contribution in [2.75, 3.05) is 0 Å². The van der Waals surface area contributed by atoms with E-state index in [1.165, 1.54) is 16.8 Å². The van der Waals surface area contributed by atoms with Crippen LogP contribution in [0.25, 0.3) is 11.0 Å². The van der Waals surface area contributed by atoms with Gasteiger partial charge in [-0.25, -0.2) is 4.68 Å². The monoisotopic (exact) mass is 402 g/mol. The van der Waals surface area contributed by atoms with Crippen molar-refractivity contribution in [2.45, 2.75) is 13.1 Å². The summed E-state index contributed by atoms with van der Waals surface area (Å²) in [6.07, 6.45) is 1.50. The normalized spacial score (nSPS) is 10.7. The number of rotatable bonds is 5. The Bertz CT molecular complexity index is 1260. The average Bonchev–Trinajstić information content (AvgIpc) is 3.17. The van der Waals surface area contributed by atoms with E-state index < -0.39 is 11.8 Å². The maximum absolute atomic E-state index is 12.2. The van der Waals surface area contributed by atoms with Crippen LogP contribution in [0.3, 0.4) is 0 Å². The average molecular weight is 402 g/mol. The number of para-hydroxylation sites is 1. The van der Waals surface area contributed by atoms with Gasteiger partial charge in [-0.1, -0.05) is 35.5 Å². The number of hydrogen-bond acceptors (Lipinski definition) is 5. The molecule has 2 aromatic carbocycles. The minimum atomic E-state index is -0.508. The summed E-state index contributed by atoms with van der Waals surface area (Å²) in [5, 5.41) is 8.28. The number of fused-ring (bicyclic) bond motifs is 1. The van der Waals surface area contributed by atoms with Gasteiger partial charge in [-0.05, 0) is 35.9 Å². The predicted octanol–water partition coefficient (Wildman–Crippen LogP) is 1.10. The number of benzene rings is 2. The lowest BCUT2D eigenvalue weighted by atomic mass is 10.1. The summed E-state index contributed by atoms with van der Waals surface area (Å²) < 4.78 is 3.03. The van der Waals surface area contributed by atoms with E-state index in [9.17, 15) is 14.4 Å². The molecule has 2 amide bonds. The molecule has 0 atom stereocenters. The van der Waals surface area contributed by atoms with Crippen LogP contribution in [0.2, 0.25) is 0 Å². The fourth-order valence-corrected chi connectivity index (χ4v) is 2.95. The van der Waals surface area contributed by atoms with Gasteiger partial charge in [0.25, 0.3) is 17.4 Å². The maximum Gasteiger partial charge on any atom is 0.269 e. The summed E-state index contributed by atoms with van der Waals surface area (Å²) in [5.74, 6) is -0.965. The van der Waals surface area contributed by atoms with Crippen LogP contribution in [0.5, 0.6) is 0 Å². The van der Waals surface area contributed by atoms with E-state index >= 15 is 0 Å². The zero-order valence-corrected chi connectivity index (χ0v) is 15.9. The number of carbonyl (C=O) groups is 2. The third-order valence-electron chi connectivity index (χ3n) is 4.50.